The molecule has 0 saturated carbocycles. The SMILES string of the molecule is NC(=O)[C@H](C[C@H](O)C(N)=O)NC(=O)OCc1ccccc1. The fourth-order valence-corrected chi connectivity index (χ4v) is 1.49. The van der Waals surface area contributed by atoms with Gasteiger partial charge in [0.15, 0.2) is 0 Å². The molecule has 0 aliphatic carbocycles. The van der Waals surface area contributed by atoms with Gasteiger partial charge >= 0.3 is 6.09 Å². The van der Waals surface area contributed by atoms with E-state index in [9.17, 15) is 19.5 Å². The van der Waals surface area contributed by atoms with E-state index in [1.54, 1.807) is 24.3 Å². The van der Waals surface area contributed by atoms with Crippen molar-refractivity contribution < 1.29 is 24.2 Å². The zero-order valence-electron chi connectivity index (χ0n) is 11.2. The summed E-state index contributed by atoms with van der Waals surface area (Å²) in [6, 6.07) is 7.65. The van der Waals surface area contributed by atoms with E-state index in [1.165, 1.54) is 0 Å². The molecule has 0 fully saturated rings. The number of ether oxygens (including phenoxy) is 1. The van der Waals surface area contributed by atoms with Crippen molar-refractivity contribution in [3.05, 3.63) is 35.9 Å². The standard InChI is InChI=1S/C13H17N3O5/c14-11(18)9(6-10(17)12(15)19)16-13(20)21-7-8-4-2-1-3-5-8/h1-5,9-10,17H,6-7H2,(H2,14,18)(H2,15,19)(H,16,20)/t9-,10-/m0/s1. The first-order valence-electron chi connectivity index (χ1n) is 6.14. The first kappa shape index (κ1) is 16.4. The zero-order chi connectivity index (χ0) is 15.8. The molecule has 0 heterocycles. The van der Waals surface area contributed by atoms with Crippen molar-refractivity contribution in [2.24, 2.45) is 11.5 Å². The number of hydrogen-bond donors (Lipinski definition) is 4. The predicted octanol–water partition coefficient (Wildman–Crippen LogP) is -0.997. The molecule has 8 heteroatoms. The van der Waals surface area contributed by atoms with Gasteiger partial charge in [0, 0.05) is 6.42 Å². The zero-order valence-corrected chi connectivity index (χ0v) is 11.2. The Hall–Kier alpha value is -2.61. The number of carbonyl (C=O) groups is 3. The van der Waals surface area contributed by atoms with Gasteiger partial charge in [-0.1, -0.05) is 30.3 Å². The van der Waals surface area contributed by atoms with Gasteiger partial charge in [-0.15, -0.1) is 0 Å². The quantitative estimate of drug-likeness (QED) is 0.510. The lowest BCUT2D eigenvalue weighted by atomic mass is 10.1. The summed E-state index contributed by atoms with van der Waals surface area (Å²) in [6.45, 7) is 0.0104. The molecule has 21 heavy (non-hydrogen) atoms. The molecule has 2 atom stereocenters. The Labute approximate surface area is 121 Å². The number of rotatable bonds is 7. The van der Waals surface area contributed by atoms with Crippen molar-refractivity contribution in [1.82, 2.24) is 5.32 Å². The Balaban J connectivity index is 2.49. The molecule has 0 bridgehead atoms. The highest BCUT2D eigenvalue weighted by molar-refractivity contribution is 5.86. The van der Waals surface area contributed by atoms with E-state index in [4.69, 9.17) is 16.2 Å². The number of nitrogens with two attached hydrogens (primary N) is 2. The highest BCUT2D eigenvalue weighted by Crippen LogP contribution is 2.02. The summed E-state index contributed by atoms with van der Waals surface area (Å²) in [5.74, 6) is -1.92. The highest BCUT2D eigenvalue weighted by atomic mass is 16.5. The number of amides is 3. The Kier molecular flexibility index (Phi) is 6.15. The van der Waals surface area contributed by atoms with Gasteiger partial charge in [0.1, 0.15) is 18.8 Å². The summed E-state index contributed by atoms with van der Waals surface area (Å²) in [5.41, 5.74) is 10.7. The van der Waals surface area contributed by atoms with E-state index in [1.807, 2.05) is 6.07 Å². The Morgan fingerprint density at radius 2 is 1.76 bits per heavy atom. The number of aliphatic hydroxyl groups excluding tert-OH is 1. The van der Waals surface area contributed by atoms with Crippen LogP contribution in [-0.4, -0.2) is 35.2 Å². The molecule has 8 nitrogen and oxygen atoms in total. The first-order chi connectivity index (χ1) is 9.90. The summed E-state index contributed by atoms with van der Waals surface area (Å²) in [5, 5.41) is 11.5. The second kappa shape index (κ2) is 7.85. The number of hydrogen-bond acceptors (Lipinski definition) is 5. The fraction of sp³-hybridized carbons (Fsp3) is 0.308. The second-order valence-electron chi connectivity index (χ2n) is 4.31. The summed E-state index contributed by atoms with van der Waals surface area (Å²) in [7, 11) is 0. The normalized spacial score (nSPS) is 13.0. The Morgan fingerprint density at radius 1 is 1.14 bits per heavy atom. The minimum absolute atomic E-state index is 0.0104. The minimum Gasteiger partial charge on any atom is -0.445 e. The van der Waals surface area contributed by atoms with Gasteiger partial charge in [-0.2, -0.15) is 0 Å². The number of aliphatic hydroxyl groups is 1. The van der Waals surface area contributed by atoms with Gasteiger partial charge in [-0.25, -0.2) is 4.79 Å². The van der Waals surface area contributed by atoms with Crippen LogP contribution in [0.5, 0.6) is 0 Å². The summed E-state index contributed by atoms with van der Waals surface area (Å²) in [4.78, 5) is 33.4. The lowest BCUT2D eigenvalue weighted by Gasteiger charge is -2.17. The van der Waals surface area contributed by atoms with Crippen molar-refractivity contribution in [1.29, 1.82) is 0 Å². The lowest BCUT2D eigenvalue weighted by molar-refractivity contribution is -0.127. The van der Waals surface area contributed by atoms with Gasteiger partial charge in [0.05, 0.1) is 0 Å². The summed E-state index contributed by atoms with van der Waals surface area (Å²) in [6.07, 6.45) is -2.89. The van der Waals surface area contributed by atoms with E-state index in [0.29, 0.717) is 0 Å². The molecule has 6 N–H and O–H groups in total. The van der Waals surface area contributed by atoms with Crippen molar-refractivity contribution in [2.75, 3.05) is 0 Å². The van der Waals surface area contributed by atoms with Crippen LogP contribution in [0.1, 0.15) is 12.0 Å². The third-order valence-corrected chi connectivity index (χ3v) is 2.64. The van der Waals surface area contributed by atoms with Crippen LogP contribution in [0, 0.1) is 0 Å². The van der Waals surface area contributed by atoms with E-state index >= 15 is 0 Å². The minimum atomic E-state index is -1.59. The third kappa shape index (κ3) is 5.91. The van der Waals surface area contributed by atoms with E-state index in [0.717, 1.165) is 5.56 Å². The van der Waals surface area contributed by atoms with E-state index in [2.05, 4.69) is 5.32 Å². The van der Waals surface area contributed by atoms with Crippen LogP contribution in [0.2, 0.25) is 0 Å². The fourth-order valence-electron chi connectivity index (χ4n) is 1.49. The molecular weight excluding hydrogens is 278 g/mol. The molecule has 0 unspecified atom stereocenters. The Morgan fingerprint density at radius 3 is 2.29 bits per heavy atom. The summed E-state index contributed by atoms with van der Waals surface area (Å²) >= 11 is 0. The topological polar surface area (TPSA) is 145 Å². The molecule has 0 aliphatic rings. The van der Waals surface area contributed by atoms with Gasteiger partial charge < -0.3 is 26.6 Å². The smallest absolute Gasteiger partial charge is 0.408 e. The van der Waals surface area contributed by atoms with Crippen LogP contribution in [-0.2, 0) is 20.9 Å². The van der Waals surface area contributed by atoms with Gasteiger partial charge in [-0.05, 0) is 5.56 Å². The largest absolute Gasteiger partial charge is 0.445 e. The van der Waals surface area contributed by atoms with Crippen LogP contribution in [0.25, 0.3) is 0 Å². The molecule has 0 radical (unpaired) electrons. The molecule has 3 amide bonds. The van der Waals surface area contributed by atoms with Crippen LogP contribution in [0.3, 0.4) is 0 Å². The van der Waals surface area contributed by atoms with Gasteiger partial charge in [0.2, 0.25) is 11.8 Å². The number of alkyl carbamates (subject to hydrolysis) is 1. The average molecular weight is 295 g/mol. The summed E-state index contributed by atoms with van der Waals surface area (Å²) < 4.78 is 4.90. The maximum absolute atomic E-state index is 11.5. The molecule has 0 aliphatic heterocycles. The monoisotopic (exact) mass is 295 g/mol. The third-order valence-electron chi connectivity index (χ3n) is 2.64. The first-order valence-corrected chi connectivity index (χ1v) is 6.14. The maximum atomic E-state index is 11.5. The van der Waals surface area contributed by atoms with Crippen molar-refractivity contribution in [3.8, 4) is 0 Å². The molecule has 114 valence electrons. The van der Waals surface area contributed by atoms with Crippen LogP contribution in [0.15, 0.2) is 30.3 Å². The van der Waals surface area contributed by atoms with Gasteiger partial charge in [0.25, 0.3) is 0 Å². The second-order valence-corrected chi connectivity index (χ2v) is 4.31. The van der Waals surface area contributed by atoms with E-state index < -0.39 is 36.5 Å². The average Bonchev–Trinajstić information content (AvgIpc) is 2.45. The molecule has 1 aromatic rings. The molecule has 0 aromatic heterocycles. The molecule has 0 saturated heterocycles. The predicted molar refractivity (Wildman–Crippen MR) is 72.6 cm³/mol. The van der Waals surface area contributed by atoms with Crippen molar-refractivity contribution >= 4 is 17.9 Å². The number of nitrogens with one attached hydrogen (secondary N) is 1. The molecule has 1 aromatic carbocycles. The molecule has 1 rings (SSSR count). The Bertz CT molecular complexity index is 506. The van der Waals surface area contributed by atoms with Crippen LogP contribution >= 0.6 is 0 Å². The number of benzene rings is 1. The molecular formula is C13H17N3O5. The van der Waals surface area contributed by atoms with Crippen molar-refractivity contribution in [3.63, 3.8) is 0 Å². The number of primary amides is 2. The van der Waals surface area contributed by atoms with Crippen LogP contribution < -0.4 is 16.8 Å². The lowest BCUT2D eigenvalue weighted by Crippen LogP contribution is -2.48. The maximum Gasteiger partial charge on any atom is 0.408 e. The molecule has 0 spiro atoms. The van der Waals surface area contributed by atoms with Crippen LogP contribution in [0.4, 0.5) is 4.79 Å². The van der Waals surface area contributed by atoms with E-state index in [-0.39, 0.29) is 6.61 Å². The van der Waals surface area contributed by atoms with Gasteiger partial charge in [-0.3, -0.25) is 9.59 Å². The highest BCUT2D eigenvalue weighted by Gasteiger charge is 2.24. The van der Waals surface area contributed by atoms with Crippen molar-refractivity contribution in [2.45, 2.75) is 25.2 Å². The number of carbonyl (C=O) groups excluding carboxylic acids is 3.